The van der Waals surface area contributed by atoms with Gasteiger partial charge in [0.2, 0.25) is 0 Å². The van der Waals surface area contributed by atoms with Gasteiger partial charge in [-0.25, -0.2) is 0 Å². The minimum Gasteiger partial charge on any atom is -0.405 e. The zero-order valence-electron chi connectivity index (χ0n) is 26.9. The summed E-state index contributed by atoms with van der Waals surface area (Å²) in [6, 6.07) is 42.6. The van der Waals surface area contributed by atoms with Crippen molar-refractivity contribution in [3.8, 4) is 0 Å². The molecule has 4 aromatic rings. The second-order valence-corrected chi connectivity index (χ2v) is 22.4. The number of benzene rings is 4. The molecule has 0 spiro atoms. The molecule has 1 fully saturated rings. The Balaban J connectivity index is 1.58. The number of carbonyl (C=O) groups excluding carboxylic acids is 1. The van der Waals surface area contributed by atoms with Crippen LogP contribution in [0.15, 0.2) is 121 Å². The summed E-state index contributed by atoms with van der Waals surface area (Å²) in [5.74, 6) is 0. The van der Waals surface area contributed by atoms with Gasteiger partial charge in [0.1, 0.15) is 18.5 Å². The molecule has 0 saturated carbocycles. The normalized spacial score (nSPS) is 19.5. The highest BCUT2D eigenvalue weighted by molar-refractivity contribution is 7.00. The van der Waals surface area contributed by atoms with E-state index in [0.717, 1.165) is 6.29 Å². The summed E-state index contributed by atoms with van der Waals surface area (Å²) in [6.45, 7) is 14.0. The van der Waals surface area contributed by atoms with E-state index in [9.17, 15) is 4.79 Å². The van der Waals surface area contributed by atoms with Crippen molar-refractivity contribution in [2.45, 2.75) is 76.4 Å². The topological polar surface area (TPSA) is 44.8 Å². The van der Waals surface area contributed by atoms with Crippen molar-refractivity contribution in [3.05, 3.63) is 121 Å². The number of aldehydes is 1. The van der Waals surface area contributed by atoms with Gasteiger partial charge in [-0.2, -0.15) is 0 Å². The molecule has 1 aliphatic heterocycles. The SMILES string of the molecule is CC(C)(C)[Si](OC[C@H]1O[C@H](C=O)C[C@@H]1O[Si](c1ccccc1)(c1ccccc1)C(C)(C)C)(c1ccccc1)c1ccccc1. The third kappa shape index (κ3) is 6.06. The van der Waals surface area contributed by atoms with E-state index >= 15 is 0 Å². The standard InChI is InChI=1S/C38H46O4Si2/c1-37(2,3)43(31-19-11-7-12-20-31,32-21-13-8-14-22-32)40-29-36-35(27-30(28-39)41-36)42-44(38(4,5)6,33-23-15-9-16-24-33)34-25-17-10-18-26-34/h7-26,28,30,35-36H,27,29H2,1-6H3/t30-,35-,36+/m0/s1. The number of hydrogen-bond acceptors (Lipinski definition) is 4. The fourth-order valence-electron chi connectivity index (χ4n) is 6.99. The lowest BCUT2D eigenvalue weighted by Crippen LogP contribution is -2.69. The molecule has 0 aliphatic carbocycles. The molecule has 1 saturated heterocycles. The monoisotopic (exact) mass is 622 g/mol. The van der Waals surface area contributed by atoms with E-state index in [4.69, 9.17) is 13.6 Å². The molecule has 3 atom stereocenters. The van der Waals surface area contributed by atoms with Gasteiger partial charge in [-0.3, -0.25) is 0 Å². The maximum atomic E-state index is 12.2. The van der Waals surface area contributed by atoms with Crippen LogP contribution in [0, 0.1) is 0 Å². The Morgan fingerprint density at radius 2 is 1.00 bits per heavy atom. The number of hydrogen-bond donors (Lipinski definition) is 0. The molecular weight excluding hydrogens is 577 g/mol. The summed E-state index contributed by atoms with van der Waals surface area (Å²) < 4.78 is 21.3. The van der Waals surface area contributed by atoms with Gasteiger partial charge in [0.25, 0.3) is 16.6 Å². The van der Waals surface area contributed by atoms with Crippen LogP contribution in [0.3, 0.4) is 0 Å². The Labute approximate surface area is 265 Å². The summed E-state index contributed by atoms with van der Waals surface area (Å²) in [5.41, 5.74) is 0. The first kappa shape index (κ1) is 32.3. The van der Waals surface area contributed by atoms with Crippen LogP contribution >= 0.6 is 0 Å². The molecule has 0 N–H and O–H groups in total. The molecule has 0 amide bonds. The van der Waals surface area contributed by atoms with Gasteiger partial charge in [0, 0.05) is 6.42 Å². The Bertz CT molecular complexity index is 1400. The molecule has 6 heteroatoms. The van der Waals surface area contributed by atoms with Crippen molar-refractivity contribution in [3.63, 3.8) is 0 Å². The molecule has 0 aromatic heterocycles. The molecule has 1 aliphatic rings. The third-order valence-corrected chi connectivity index (χ3v) is 19.1. The molecule has 230 valence electrons. The number of carbonyl (C=O) groups is 1. The van der Waals surface area contributed by atoms with Crippen molar-refractivity contribution in [1.29, 1.82) is 0 Å². The molecule has 4 nitrogen and oxygen atoms in total. The number of ether oxygens (including phenoxy) is 1. The van der Waals surface area contributed by atoms with Gasteiger partial charge in [-0.05, 0) is 30.8 Å². The zero-order chi connectivity index (χ0) is 31.4. The van der Waals surface area contributed by atoms with E-state index in [2.05, 4.69) is 163 Å². The fraction of sp³-hybridized carbons (Fsp3) is 0.342. The summed E-state index contributed by atoms with van der Waals surface area (Å²) in [4.78, 5) is 12.2. The summed E-state index contributed by atoms with van der Waals surface area (Å²) in [7, 11) is -5.69. The molecular formula is C38H46O4Si2. The first-order valence-electron chi connectivity index (χ1n) is 15.7. The van der Waals surface area contributed by atoms with Crippen molar-refractivity contribution >= 4 is 43.7 Å². The van der Waals surface area contributed by atoms with Crippen LogP contribution in [0.1, 0.15) is 48.0 Å². The molecule has 44 heavy (non-hydrogen) atoms. The molecule has 1 heterocycles. The van der Waals surface area contributed by atoms with Crippen LogP contribution in [0.4, 0.5) is 0 Å². The van der Waals surface area contributed by atoms with E-state index < -0.39 is 28.8 Å². The van der Waals surface area contributed by atoms with Crippen LogP contribution < -0.4 is 20.7 Å². The lowest BCUT2D eigenvalue weighted by molar-refractivity contribution is -0.118. The summed E-state index contributed by atoms with van der Waals surface area (Å²) in [5, 5.41) is 4.48. The van der Waals surface area contributed by atoms with Gasteiger partial charge >= 0.3 is 0 Å². The van der Waals surface area contributed by atoms with E-state index in [1.54, 1.807) is 0 Å². The maximum absolute atomic E-state index is 12.2. The third-order valence-electron chi connectivity index (χ3n) is 9.01. The predicted molar refractivity (Wildman–Crippen MR) is 185 cm³/mol. The Morgan fingerprint density at radius 1 is 0.636 bits per heavy atom. The second kappa shape index (κ2) is 13.1. The Morgan fingerprint density at radius 3 is 1.34 bits per heavy atom. The zero-order valence-corrected chi connectivity index (χ0v) is 28.9. The van der Waals surface area contributed by atoms with Gasteiger partial charge < -0.3 is 18.4 Å². The minimum absolute atomic E-state index is 0.174. The highest BCUT2D eigenvalue weighted by Crippen LogP contribution is 2.41. The molecule has 0 bridgehead atoms. The average Bonchev–Trinajstić information content (AvgIpc) is 3.42. The largest absolute Gasteiger partial charge is 0.405 e. The van der Waals surface area contributed by atoms with Crippen molar-refractivity contribution < 1.29 is 18.4 Å². The smallest absolute Gasteiger partial charge is 0.261 e. The van der Waals surface area contributed by atoms with E-state index in [1.807, 2.05) is 0 Å². The van der Waals surface area contributed by atoms with Gasteiger partial charge in [0.05, 0.1) is 12.7 Å². The van der Waals surface area contributed by atoms with Crippen LogP contribution in [0.2, 0.25) is 10.1 Å². The average molecular weight is 623 g/mol. The van der Waals surface area contributed by atoms with Crippen molar-refractivity contribution in [1.82, 2.24) is 0 Å². The van der Waals surface area contributed by atoms with Crippen molar-refractivity contribution in [2.75, 3.05) is 6.61 Å². The quantitative estimate of drug-likeness (QED) is 0.164. The van der Waals surface area contributed by atoms with E-state index in [1.165, 1.54) is 20.7 Å². The molecule has 0 radical (unpaired) electrons. The summed E-state index contributed by atoms with van der Waals surface area (Å²) >= 11 is 0. The van der Waals surface area contributed by atoms with Crippen LogP contribution in [-0.2, 0) is 18.4 Å². The highest BCUT2D eigenvalue weighted by Gasteiger charge is 2.55. The first-order chi connectivity index (χ1) is 21.0. The van der Waals surface area contributed by atoms with Crippen LogP contribution in [0.5, 0.6) is 0 Å². The predicted octanol–water partition coefficient (Wildman–Crippen LogP) is 5.86. The van der Waals surface area contributed by atoms with Crippen molar-refractivity contribution in [2.24, 2.45) is 0 Å². The van der Waals surface area contributed by atoms with Gasteiger partial charge in [-0.1, -0.05) is 163 Å². The highest BCUT2D eigenvalue weighted by atomic mass is 28.4. The first-order valence-corrected chi connectivity index (χ1v) is 19.5. The summed E-state index contributed by atoms with van der Waals surface area (Å²) in [6.07, 6.45) is 0.182. The Hall–Kier alpha value is -3.14. The minimum atomic E-state index is -2.88. The van der Waals surface area contributed by atoms with E-state index in [-0.39, 0.29) is 16.2 Å². The lowest BCUT2D eigenvalue weighted by Gasteiger charge is -2.46. The lowest BCUT2D eigenvalue weighted by atomic mass is 10.1. The number of rotatable bonds is 10. The van der Waals surface area contributed by atoms with Gasteiger partial charge in [-0.15, -0.1) is 0 Å². The van der Waals surface area contributed by atoms with Gasteiger partial charge in [0.15, 0.2) is 0 Å². The van der Waals surface area contributed by atoms with Crippen LogP contribution in [-0.4, -0.2) is 47.8 Å². The molecule has 5 rings (SSSR count). The van der Waals surface area contributed by atoms with E-state index in [0.29, 0.717) is 13.0 Å². The van der Waals surface area contributed by atoms with Crippen LogP contribution in [0.25, 0.3) is 0 Å². The maximum Gasteiger partial charge on any atom is 0.261 e. The molecule has 4 aromatic carbocycles. The second-order valence-electron chi connectivity index (χ2n) is 13.9. The fourth-order valence-corrected chi connectivity index (χ4v) is 16.3. The molecule has 0 unspecified atom stereocenters. The Kier molecular flexibility index (Phi) is 9.59.